The number of nitrogens with one attached hydrogen (secondary N) is 1. The number of carbonyl (C=O) groups excluding carboxylic acids is 1. The summed E-state index contributed by atoms with van der Waals surface area (Å²) in [6.07, 6.45) is -6.76. The highest BCUT2D eigenvalue weighted by Gasteiger charge is 2.39. The topological polar surface area (TPSA) is 78.2 Å². The molecule has 35 heavy (non-hydrogen) atoms. The van der Waals surface area contributed by atoms with Crippen LogP contribution < -0.4 is 15.7 Å². The molecule has 0 saturated heterocycles. The molecule has 13 heteroatoms. The zero-order valence-corrected chi connectivity index (χ0v) is 18.7. The number of rotatable bonds is 7. The summed E-state index contributed by atoms with van der Waals surface area (Å²) >= 11 is 0. The second-order valence-electron chi connectivity index (χ2n) is 7.55. The van der Waals surface area contributed by atoms with E-state index in [2.05, 4.69) is 5.10 Å². The normalized spacial score (nSPS) is 12.5. The van der Waals surface area contributed by atoms with Crippen molar-refractivity contribution in [2.45, 2.75) is 46.0 Å². The van der Waals surface area contributed by atoms with Gasteiger partial charge in [-0.2, -0.15) is 23.0 Å². The predicted molar refractivity (Wildman–Crippen MR) is 113 cm³/mol. The van der Waals surface area contributed by atoms with Crippen molar-refractivity contribution in [3.63, 3.8) is 0 Å². The lowest BCUT2D eigenvalue weighted by Gasteiger charge is -2.20. The standard InChI is InChI=1S/C22H20F6N4O3/c1-4-8-31-12(3)30-32(21(31)34)17-10-18(35-11(2)22(26,27)28)13(9-16(17)25)20(33)29-19-14(23)6-5-7-15(19)24/h5-7,9-11H,4,8H2,1-3H3,(H,29,33). The molecule has 2 aromatic carbocycles. The lowest BCUT2D eigenvalue weighted by molar-refractivity contribution is -0.189. The molecule has 3 rings (SSSR count). The summed E-state index contributed by atoms with van der Waals surface area (Å²) in [4.78, 5) is 25.4. The predicted octanol–water partition coefficient (Wildman–Crippen LogP) is 4.75. The molecule has 1 aromatic heterocycles. The number of halogens is 6. The number of benzene rings is 2. The third kappa shape index (κ3) is 5.33. The number of amides is 1. The molecule has 1 atom stereocenters. The van der Waals surface area contributed by atoms with Crippen molar-refractivity contribution in [2.24, 2.45) is 0 Å². The van der Waals surface area contributed by atoms with Gasteiger partial charge in [0.15, 0.2) is 6.10 Å². The Morgan fingerprint density at radius 3 is 2.34 bits per heavy atom. The Morgan fingerprint density at radius 2 is 1.77 bits per heavy atom. The van der Waals surface area contributed by atoms with Gasteiger partial charge in [-0.3, -0.25) is 9.36 Å². The van der Waals surface area contributed by atoms with E-state index in [1.807, 2.05) is 5.32 Å². The van der Waals surface area contributed by atoms with E-state index in [-0.39, 0.29) is 12.4 Å². The Labute approximate surface area is 194 Å². The number of aromatic nitrogens is 3. The highest BCUT2D eigenvalue weighted by atomic mass is 19.4. The highest BCUT2D eigenvalue weighted by molar-refractivity contribution is 6.06. The van der Waals surface area contributed by atoms with Gasteiger partial charge in [-0.05, 0) is 38.5 Å². The van der Waals surface area contributed by atoms with E-state index >= 15 is 4.39 Å². The molecule has 188 valence electrons. The smallest absolute Gasteiger partial charge is 0.425 e. The van der Waals surface area contributed by atoms with Crippen LogP contribution in [0.1, 0.15) is 36.5 Å². The van der Waals surface area contributed by atoms with Crippen molar-refractivity contribution >= 4 is 11.6 Å². The summed E-state index contributed by atoms with van der Waals surface area (Å²) in [5.74, 6) is -5.44. The van der Waals surface area contributed by atoms with Gasteiger partial charge in [0.1, 0.15) is 40.4 Å². The van der Waals surface area contributed by atoms with Gasteiger partial charge in [0.25, 0.3) is 5.91 Å². The molecular weight excluding hydrogens is 482 g/mol. The minimum absolute atomic E-state index is 0.222. The van der Waals surface area contributed by atoms with Crippen molar-refractivity contribution in [1.82, 2.24) is 14.3 Å². The summed E-state index contributed by atoms with van der Waals surface area (Å²) in [6, 6.07) is 3.92. The van der Waals surface area contributed by atoms with Crippen LogP contribution in [0.15, 0.2) is 35.1 Å². The van der Waals surface area contributed by atoms with E-state index in [4.69, 9.17) is 4.74 Å². The molecule has 0 aliphatic heterocycles. The van der Waals surface area contributed by atoms with Crippen LogP contribution in [0.5, 0.6) is 5.75 Å². The molecule has 1 amide bonds. The number of para-hydroxylation sites is 1. The molecule has 0 aliphatic rings. The van der Waals surface area contributed by atoms with Gasteiger partial charge in [-0.1, -0.05) is 13.0 Å². The molecule has 0 aliphatic carbocycles. The van der Waals surface area contributed by atoms with E-state index in [1.165, 1.54) is 11.5 Å². The van der Waals surface area contributed by atoms with Gasteiger partial charge in [-0.15, -0.1) is 0 Å². The van der Waals surface area contributed by atoms with Crippen molar-refractivity contribution in [3.8, 4) is 11.4 Å². The average molecular weight is 502 g/mol. The van der Waals surface area contributed by atoms with E-state index < -0.39 is 64.0 Å². The molecule has 0 fully saturated rings. The summed E-state index contributed by atoms with van der Waals surface area (Å²) in [6.45, 7) is 4.18. The Balaban J connectivity index is 2.14. The van der Waals surface area contributed by atoms with Crippen molar-refractivity contribution in [1.29, 1.82) is 0 Å². The van der Waals surface area contributed by atoms with Crippen LogP contribution in [0.25, 0.3) is 5.69 Å². The summed E-state index contributed by atoms with van der Waals surface area (Å²) < 4.78 is 89.2. The monoisotopic (exact) mass is 502 g/mol. The number of aryl methyl sites for hydroxylation is 1. The first-order valence-corrected chi connectivity index (χ1v) is 10.3. The van der Waals surface area contributed by atoms with Gasteiger partial charge in [0.2, 0.25) is 0 Å². The largest absolute Gasteiger partial charge is 0.480 e. The average Bonchev–Trinajstić information content (AvgIpc) is 3.05. The molecular formula is C22H20F6N4O3. The lowest BCUT2D eigenvalue weighted by Crippen LogP contribution is -2.32. The second-order valence-corrected chi connectivity index (χ2v) is 7.55. The van der Waals surface area contributed by atoms with Gasteiger partial charge in [-0.25, -0.2) is 18.0 Å². The van der Waals surface area contributed by atoms with Gasteiger partial charge < -0.3 is 10.1 Å². The fourth-order valence-corrected chi connectivity index (χ4v) is 3.17. The number of anilines is 1. The Kier molecular flexibility index (Phi) is 7.27. The second kappa shape index (κ2) is 9.84. The summed E-state index contributed by atoms with van der Waals surface area (Å²) in [5.41, 5.74) is -3.01. The van der Waals surface area contributed by atoms with Crippen molar-refractivity contribution in [3.05, 3.63) is 69.7 Å². The number of hydrogen-bond donors (Lipinski definition) is 1. The SMILES string of the molecule is CCCn1c(C)nn(-c2cc(OC(C)C(F)(F)F)c(C(=O)Nc3c(F)cccc3F)cc2F)c1=O. The maximum atomic E-state index is 15.0. The molecule has 0 spiro atoms. The minimum Gasteiger partial charge on any atom is -0.480 e. The highest BCUT2D eigenvalue weighted by Crippen LogP contribution is 2.31. The zero-order chi connectivity index (χ0) is 26.1. The summed E-state index contributed by atoms with van der Waals surface area (Å²) in [5, 5.41) is 5.81. The van der Waals surface area contributed by atoms with Crippen molar-refractivity contribution in [2.75, 3.05) is 5.32 Å². The van der Waals surface area contributed by atoms with Crippen molar-refractivity contribution < 1.29 is 35.9 Å². The third-order valence-electron chi connectivity index (χ3n) is 4.98. The molecule has 1 heterocycles. The van der Waals surface area contributed by atoms with Crippen LogP contribution in [0, 0.1) is 24.4 Å². The minimum atomic E-state index is -4.87. The van der Waals surface area contributed by atoms with Crippen LogP contribution in [0.2, 0.25) is 0 Å². The van der Waals surface area contributed by atoms with Crippen LogP contribution in [-0.2, 0) is 6.54 Å². The Bertz CT molecular complexity index is 1300. The number of hydrogen-bond acceptors (Lipinski definition) is 4. The maximum absolute atomic E-state index is 15.0. The fourth-order valence-electron chi connectivity index (χ4n) is 3.17. The summed E-state index contributed by atoms with van der Waals surface area (Å²) in [7, 11) is 0. The number of ether oxygens (including phenoxy) is 1. The number of nitrogens with zero attached hydrogens (tertiary/aromatic N) is 3. The molecule has 0 radical (unpaired) electrons. The molecule has 0 saturated carbocycles. The maximum Gasteiger partial charge on any atom is 0.425 e. The van der Waals surface area contributed by atoms with Gasteiger partial charge in [0.05, 0.1) is 5.56 Å². The van der Waals surface area contributed by atoms with E-state index in [9.17, 15) is 31.5 Å². The first-order chi connectivity index (χ1) is 16.3. The van der Waals surface area contributed by atoms with Gasteiger partial charge >= 0.3 is 11.9 Å². The Hall–Kier alpha value is -3.77. The number of alkyl halides is 3. The fraction of sp³-hybridized carbons (Fsp3) is 0.318. The van der Waals surface area contributed by atoms with Crippen LogP contribution >= 0.6 is 0 Å². The van der Waals surface area contributed by atoms with E-state index in [1.54, 1.807) is 6.92 Å². The third-order valence-corrected chi connectivity index (χ3v) is 4.98. The van der Waals surface area contributed by atoms with Crippen LogP contribution in [-0.4, -0.2) is 32.5 Å². The van der Waals surface area contributed by atoms with Crippen LogP contribution in [0.3, 0.4) is 0 Å². The zero-order valence-electron chi connectivity index (χ0n) is 18.7. The quantitative estimate of drug-likeness (QED) is 0.473. The molecule has 3 aromatic rings. The van der Waals surface area contributed by atoms with E-state index in [0.29, 0.717) is 30.2 Å². The van der Waals surface area contributed by atoms with E-state index in [0.717, 1.165) is 18.2 Å². The van der Waals surface area contributed by atoms with Crippen LogP contribution in [0.4, 0.5) is 32.0 Å². The molecule has 7 nitrogen and oxygen atoms in total. The van der Waals surface area contributed by atoms with Gasteiger partial charge in [0, 0.05) is 12.6 Å². The lowest BCUT2D eigenvalue weighted by atomic mass is 10.1. The molecule has 1 unspecified atom stereocenters. The molecule has 1 N–H and O–H groups in total. The first kappa shape index (κ1) is 25.8. The first-order valence-electron chi connectivity index (χ1n) is 10.3. The Morgan fingerprint density at radius 1 is 1.14 bits per heavy atom. The number of carbonyl (C=O) groups is 1. The molecule has 0 bridgehead atoms.